The van der Waals surface area contributed by atoms with Crippen molar-refractivity contribution in [1.82, 2.24) is 10.3 Å². The Labute approximate surface area is 127 Å². The van der Waals surface area contributed by atoms with Crippen LogP contribution in [0.1, 0.15) is 28.0 Å². The van der Waals surface area contributed by atoms with E-state index in [0.29, 0.717) is 18.2 Å². The van der Waals surface area contributed by atoms with E-state index >= 15 is 0 Å². The third-order valence-electron chi connectivity index (χ3n) is 2.69. The van der Waals surface area contributed by atoms with Crippen LogP contribution in [-0.4, -0.2) is 24.6 Å². The first-order valence-electron chi connectivity index (χ1n) is 6.70. The summed E-state index contributed by atoms with van der Waals surface area (Å²) >= 11 is 1.27. The van der Waals surface area contributed by atoms with E-state index in [-0.39, 0.29) is 5.97 Å². The van der Waals surface area contributed by atoms with Gasteiger partial charge in [-0.1, -0.05) is 12.1 Å². The molecule has 0 aliphatic rings. The lowest BCUT2D eigenvalue weighted by molar-refractivity contribution is 0.0525. The Kier molecular flexibility index (Phi) is 5.71. The van der Waals surface area contributed by atoms with Gasteiger partial charge in [0.2, 0.25) is 5.01 Å². The van der Waals surface area contributed by atoms with E-state index in [2.05, 4.69) is 10.3 Å². The molecule has 0 spiro atoms. The van der Waals surface area contributed by atoms with Gasteiger partial charge in [-0.15, -0.1) is 11.3 Å². The van der Waals surface area contributed by atoms with Crippen LogP contribution in [0, 0.1) is 0 Å². The summed E-state index contributed by atoms with van der Waals surface area (Å²) in [7, 11) is 1.91. The molecule has 2 rings (SSSR count). The Morgan fingerprint density at radius 2 is 2.10 bits per heavy atom. The van der Waals surface area contributed by atoms with Gasteiger partial charge in [-0.2, -0.15) is 0 Å². The Hall–Kier alpha value is -1.92. The van der Waals surface area contributed by atoms with E-state index in [1.165, 1.54) is 16.9 Å². The molecule has 0 radical (unpaired) electrons. The molecule has 6 heteroatoms. The van der Waals surface area contributed by atoms with Gasteiger partial charge in [-0.05, 0) is 31.7 Å². The third-order valence-corrected chi connectivity index (χ3v) is 3.56. The van der Waals surface area contributed by atoms with Gasteiger partial charge < -0.3 is 14.8 Å². The Morgan fingerprint density at radius 1 is 1.33 bits per heavy atom. The monoisotopic (exact) mass is 306 g/mol. The number of esters is 1. The predicted octanol–water partition coefficient (Wildman–Crippen LogP) is 2.62. The molecule has 0 aliphatic carbocycles. The Bertz CT molecular complexity index is 581. The standard InChI is InChI=1S/C15H18N2O3S/c1-3-19-15(18)14-17-12(10-21-14)9-20-13-6-4-11(5-7-13)8-16-2/h4-7,10,16H,3,8-9H2,1-2H3. The van der Waals surface area contributed by atoms with Crippen molar-refractivity contribution >= 4 is 17.3 Å². The van der Waals surface area contributed by atoms with Crippen molar-refractivity contribution in [3.8, 4) is 5.75 Å². The maximum Gasteiger partial charge on any atom is 0.367 e. The van der Waals surface area contributed by atoms with E-state index in [0.717, 1.165) is 18.0 Å². The van der Waals surface area contributed by atoms with Crippen LogP contribution in [0.2, 0.25) is 0 Å². The topological polar surface area (TPSA) is 60.5 Å². The minimum atomic E-state index is -0.384. The maximum atomic E-state index is 11.5. The molecular weight excluding hydrogens is 288 g/mol. The fourth-order valence-electron chi connectivity index (χ4n) is 1.72. The first-order chi connectivity index (χ1) is 10.2. The molecule has 0 saturated carbocycles. The summed E-state index contributed by atoms with van der Waals surface area (Å²) in [5, 5.41) is 5.26. The van der Waals surface area contributed by atoms with Crippen molar-refractivity contribution in [2.75, 3.05) is 13.7 Å². The zero-order valence-electron chi connectivity index (χ0n) is 12.1. The number of nitrogens with zero attached hydrogens (tertiary/aromatic N) is 1. The molecule has 1 aromatic carbocycles. The summed E-state index contributed by atoms with van der Waals surface area (Å²) in [5.41, 5.74) is 1.92. The average Bonchev–Trinajstić information content (AvgIpc) is 2.96. The third kappa shape index (κ3) is 4.54. The van der Waals surface area contributed by atoms with Crippen molar-refractivity contribution in [1.29, 1.82) is 0 Å². The summed E-state index contributed by atoms with van der Waals surface area (Å²) in [5.74, 6) is 0.394. The number of aromatic nitrogens is 1. The number of benzene rings is 1. The van der Waals surface area contributed by atoms with Crippen LogP contribution in [0.25, 0.3) is 0 Å². The number of thiazole rings is 1. The number of nitrogens with one attached hydrogen (secondary N) is 1. The minimum Gasteiger partial charge on any atom is -0.487 e. The summed E-state index contributed by atoms with van der Waals surface area (Å²) < 4.78 is 10.6. The molecule has 2 aromatic rings. The molecule has 1 N–H and O–H groups in total. The first-order valence-corrected chi connectivity index (χ1v) is 7.58. The smallest absolute Gasteiger partial charge is 0.367 e. The lowest BCUT2D eigenvalue weighted by Gasteiger charge is -2.05. The van der Waals surface area contributed by atoms with Crippen molar-refractivity contribution in [3.63, 3.8) is 0 Å². The second-order valence-electron chi connectivity index (χ2n) is 4.33. The highest BCUT2D eigenvalue weighted by Gasteiger charge is 2.12. The molecule has 1 aromatic heterocycles. The number of carbonyl (C=O) groups excluding carboxylic acids is 1. The average molecular weight is 306 g/mol. The normalized spacial score (nSPS) is 10.4. The van der Waals surface area contributed by atoms with Crippen LogP contribution >= 0.6 is 11.3 Å². The number of carbonyl (C=O) groups is 1. The quantitative estimate of drug-likeness (QED) is 0.797. The molecule has 0 fully saturated rings. The molecule has 21 heavy (non-hydrogen) atoms. The van der Waals surface area contributed by atoms with Crippen LogP contribution in [0.15, 0.2) is 29.6 Å². The first kappa shape index (κ1) is 15.5. The van der Waals surface area contributed by atoms with Gasteiger partial charge in [0.1, 0.15) is 12.4 Å². The molecular formula is C15H18N2O3S. The Morgan fingerprint density at radius 3 is 2.76 bits per heavy atom. The van der Waals surface area contributed by atoms with Gasteiger partial charge in [0.15, 0.2) is 0 Å². The number of hydrogen-bond acceptors (Lipinski definition) is 6. The summed E-state index contributed by atoms with van der Waals surface area (Å²) in [4.78, 5) is 15.7. The number of ether oxygens (including phenoxy) is 2. The van der Waals surface area contributed by atoms with Gasteiger partial charge in [-0.25, -0.2) is 9.78 Å². The van der Waals surface area contributed by atoms with Gasteiger partial charge in [0.05, 0.1) is 12.3 Å². The van der Waals surface area contributed by atoms with E-state index in [4.69, 9.17) is 9.47 Å². The highest BCUT2D eigenvalue weighted by Crippen LogP contribution is 2.16. The number of rotatable bonds is 7. The van der Waals surface area contributed by atoms with Gasteiger partial charge >= 0.3 is 5.97 Å². The van der Waals surface area contributed by atoms with Crippen molar-refractivity contribution in [2.24, 2.45) is 0 Å². The second kappa shape index (κ2) is 7.75. The Balaban J connectivity index is 1.89. The molecule has 0 aliphatic heterocycles. The van der Waals surface area contributed by atoms with Crippen molar-refractivity contribution < 1.29 is 14.3 Å². The molecule has 112 valence electrons. The van der Waals surface area contributed by atoms with E-state index in [1.807, 2.05) is 36.7 Å². The lowest BCUT2D eigenvalue weighted by Crippen LogP contribution is -2.05. The maximum absolute atomic E-state index is 11.5. The molecule has 0 unspecified atom stereocenters. The fourth-order valence-corrected chi connectivity index (χ4v) is 2.42. The molecule has 0 bridgehead atoms. The fraction of sp³-hybridized carbons (Fsp3) is 0.333. The van der Waals surface area contributed by atoms with Crippen LogP contribution in [0.3, 0.4) is 0 Å². The summed E-state index contributed by atoms with van der Waals surface area (Å²) in [6, 6.07) is 7.87. The largest absolute Gasteiger partial charge is 0.487 e. The minimum absolute atomic E-state index is 0.335. The van der Waals surface area contributed by atoms with Crippen LogP contribution in [0.5, 0.6) is 5.75 Å². The van der Waals surface area contributed by atoms with E-state index in [1.54, 1.807) is 6.92 Å². The number of hydrogen-bond donors (Lipinski definition) is 1. The zero-order valence-corrected chi connectivity index (χ0v) is 12.9. The highest BCUT2D eigenvalue weighted by molar-refractivity contribution is 7.11. The lowest BCUT2D eigenvalue weighted by atomic mass is 10.2. The molecule has 0 amide bonds. The summed E-state index contributed by atoms with van der Waals surface area (Å²) in [6.07, 6.45) is 0. The van der Waals surface area contributed by atoms with E-state index < -0.39 is 0 Å². The molecule has 0 saturated heterocycles. The van der Waals surface area contributed by atoms with Crippen molar-refractivity contribution in [2.45, 2.75) is 20.1 Å². The van der Waals surface area contributed by atoms with Gasteiger partial charge in [0, 0.05) is 11.9 Å². The SMILES string of the molecule is CCOC(=O)c1nc(COc2ccc(CNC)cc2)cs1. The highest BCUT2D eigenvalue weighted by atomic mass is 32.1. The van der Waals surface area contributed by atoms with Gasteiger partial charge in [0.25, 0.3) is 0 Å². The zero-order chi connectivity index (χ0) is 15.1. The predicted molar refractivity (Wildman–Crippen MR) is 81.6 cm³/mol. The molecule has 1 heterocycles. The molecule has 0 atom stereocenters. The van der Waals surface area contributed by atoms with Crippen molar-refractivity contribution in [3.05, 3.63) is 45.9 Å². The summed E-state index contributed by atoms with van der Waals surface area (Å²) in [6.45, 7) is 3.28. The van der Waals surface area contributed by atoms with Gasteiger partial charge in [-0.3, -0.25) is 0 Å². The van der Waals surface area contributed by atoms with Crippen LogP contribution in [0.4, 0.5) is 0 Å². The molecule has 5 nitrogen and oxygen atoms in total. The van der Waals surface area contributed by atoms with E-state index in [9.17, 15) is 4.79 Å². The van der Waals surface area contributed by atoms with Crippen LogP contribution in [-0.2, 0) is 17.9 Å². The van der Waals surface area contributed by atoms with Crippen LogP contribution < -0.4 is 10.1 Å². The second-order valence-corrected chi connectivity index (χ2v) is 5.19.